The van der Waals surface area contributed by atoms with Crippen molar-refractivity contribution in [3.63, 3.8) is 0 Å². The third-order valence-corrected chi connectivity index (χ3v) is 3.73. The standard InChI is InChI=1S/C12H16N2O4S/c1-18-6-5-14(8-2-3-8)12(17)13-10-9(11(15)16)4-7-19-10/h4,7-8H,2-3,5-6H2,1H3,(H,13,17)(H,15,16). The van der Waals surface area contributed by atoms with Gasteiger partial charge in [-0.1, -0.05) is 0 Å². The molecule has 2 N–H and O–H groups in total. The Labute approximate surface area is 115 Å². The van der Waals surface area contributed by atoms with Gasteiger partial charge in [-0.15, -0.1) is 11.3 Å². The van der Waals surface area contributed by atoms with Crippen LogP contribution in [0.5, 0.6) is 0 Å². The quantitative estimate of drug-likeness (QED) is 0.838. The van der Waals surface area contributed by atoms with Gasteiger partial charge in [0.25, 0.3) is 0 Å². The molecule has 2 rings (SSSR count). The van der Waals surface area contributed by atoms with Crippen molar-refractivity contribution in [3.05, 3.63) is 17.0 Å². The van der Waals surface area contributed by atoms with Crippen molar-refractivity contribution < 1.29 is 19.4 Å². The van der Waals surface area contributed by atoms with E-state index in [0.717, 1.165) is 12.8 Å². The number of carbonyl (C=O) groups is 2. The molecule has 1 aromatic rings. The smallest absolute Gasteiger partial charge is 0.338 e. The molecule has 0 bridgehead atoms. The Bertz CT molecular complexity index is 470. The van der Waals surface area contributed by atoms with Crippen LogP contribution in [0.4, 0.5) is 9.80 Å². The zero-order chi connectivity index (χ0) is 13.8. The number of carboxylic acids is 1. The summed E-state index contributed by atoms with van der Waals surface area (Å²) in [7, 11) is 1.59. The third kappa shape index (κ3) is 3.45. The second-order valence-corrected chi connectivity index (χ2v) is 5.23. The fraction of sp³-hybridized carbons (Fsp3) is 0.500. The van der Waals surface area contributed by atoms with Crippen molar-refractivity contribution in [2.24, 2.45) is 0 Å². The lowest BCUT2D eigenvalue weighted by Gasteiger charge is -2.22. The predicted octanol–water partition coefficient (Wildman–Crippen LogP) is 2.09. The molecule has 0 radical (unpaired) electrons. The van der Waals surface area contributed by atoms with Gasteiger partial charge in [-0.25, -0.2) is 9.59 Å². The Kier molecular flexibility index (Phi) is 4.39. The summed E-state index contributed by atoms with van der Waals surface area (Å²) in [6.07, 6.45) is 1.99. The van der Waals surface area contributed by atoms with Crippen LogP contribution >= 0.6 is 11.3 Å². The van der Waals surface area contributed by atoms with Crippen LogP contribution < -0.4 is 5.32 Å². The fourth-order valence-corrected chi connectivity index (χ4v) is 2.54. The molecule has 0 spiro atoms. The van der Waals surface area contributed by atoms with Crippen molar-refractivity contribution in [2.45, 2.75) is 18.9 Å². The first kappa shape index (κ1) is 13.8. The molecule has 0 aromatic carbocycles. The number of amides is 2. The number of hydrogen-bond donors (Lipinski definition) is 2. The number of nitrogens with one attached hydrogen (secondary N) is 1. The van der Waals surface area contributed by atoms with E-state index in [0.29, 0.717) is 18.2 Å². The van der Waals surface area contributed by atoms with Crippen LogP contribution in [0.3, 0.4) is 0 Å². The highest BCUT2D eigenvalue weighted by atomic mass is 32.1. The van der Waals surface area contributed by atoms with E-state index >= 15 is 0 Å². The Hall–Kier alpha value is -1.60. The second kappa shape index (κ2) is 6.03. The maximum absolute atomic E-state index is 12.1. The van der Waals surface area contributed by atoms with Crippen molar-refractivity contribution >= 4 is 28.3 Å². The summed E-state index contributed by atoms with van der Waals surface area (Å²) in [5.41, 5.74) is 0.126. The third-order valence-electron chi connectivity index (χ3n) is 2.90. The van der Waals surface area contributed by atoms with Crippen LogP contribution in [0.15, 0.2) is 11.4 Å². The number of urea groups is 1. The highest BCUT2D eigenvalue weighted by Crippen LogP contribution is 2.29. The average molecular weight is 284 g/mol. The average Bonchev–Trinajstić information content (AvgIpc) is 3.09. The second-order valence-electron chi connectivity index (χ2n) is 4.32. The Morgan fingerprint density at radius 3 is 2.89 bits per heavy atom. The van der Waals surface area contributed by atoms with Gasteiger partial charge >= 0.3 is 12.0 Å². The molecule has 1 fully saturated rings. The van der Waals surface area contributed by atoms with Crippen molar-refractivity contribution in [3.8, 4) is 0 Å². The summed E-state index contributed by atoms with van der Waals surface area (Å²) in [5, 5.41) is 13.7. The molecule has 1 aliphatic rings. The monoisotopic (exact) mass is 284 g/mol. The molecule has 2 amide bonds. The summed E-state index contributed by atoms with van der Waals surface area (Å²) in [4.78, 5) is 24.8. The van der Waals surface area contributed by atoms with Gasteiger partial charge in [-0.2, -0.15) is 0 Å². The minimum absolute atomic E-state index is 0.126. The summed E-state index contributed by atoms with van der Waals surface area (Å²) < 4.78 is 4.98. The van der Waals surface area contributed by atoms with Gasteiger partial charge < -0.3 is 14.7 Å². The molecule has 0 aliphatic heterocycles. The number of nitrogens with zero attached hydrogens (tertiary/aromatic N) is 1. The van der Waals surface area contributed by atoms with Gasteiger partial charge in [-0.3, -0.25) is 5.32 Å². The maximum atomic E-state index is 12.1. The van der Waals surface area contributed by atoms with Crippen LogP contribution in [0, 0.1) is 0 Å². The highest BCUT2D eigenvalue weighted by molar-refractivity contribution is 7.14. The minimum atomic E-state index is -1.04. The van der Waals surface area contributed by atoms with Crippen LogP contribution in [0.25, 0.3) is 0 Å². The van der Waals surface area contributed by atoms with Crippen LogP contribution in [0.2, 0.25) is 0 Å². The largest absolute Gasteiger partial charge is 0.478 e. The van der Waals surface area contributed by atoms with E-state index in [9.17, 15) is 9.59 Å². The van der Waals surface area contributed by atoms with Gasteiger partial charge in [0.05, 0.1) is 12.2 Å². The molecular formula is C12H16N2O4S. The Morgan fingerprint density at radius 1 is 1.58 bits per heavy atom. The molecule has 1 saturated carbocycles. The summed E-state index contributed by atoms with van der Waals surface area (Å²) in [5.74, 6) is -1.04. The number of carbonyl (C=O) groups excluding carboxylic acids is 1. The lowest BCUT2D eigenvalue weighted by molar-refractivity contribution is 0.0698. The van der Waals surface area contributed by atoms with Crippen molar-refractivity contribution in [1.29, 1.82) is 0 Å². The summed E-state index contributed by atoms with van der Waals surface area (Å²) in [6.45, 7) is 0.987. The zero-order valence-electron chi connectivity index (χ0n) is 10.6. The van der Waals surface area contributed by atoms with Gasteiger partial charge in [0.2, 0.25) is 0 Å². The summed E-state index contributed by atoms with van der Waals surface area (Å²) >= 11 is 1.21. The van der Waals surface area contributed by atoms with Gasteiger partial charge in [0.15, 0.2) is 0 Å². The molecule has 0 atom stereocenters. The van der Waals surface area contributed by atoms with Crippen molar-refractivity contribution in [1.82, 2.24) is 4.90 Å². The van der Waals surface area contributed by atoms with Crippen molar-refractivity contribution in [2.75, 3.05) is 25.6 Å². The number of thiophene rings is 1. The normalized spacial score (nSPS) is 14.2. The first-order valence-corrected chi connectivity index (χ1v) is 6.88. The van der Waals surface area contributed by atoms with Gasteiger partial charge in [0.1, 0.15) is 5.00 Å². The number of methoxy groups -OCH3 is 1. The molecule has 7 heteroatoms. The predicted molar refractivity (Wildman–Crippen MR) is 71.9 cm³/mol. The number of hydrogen-bond acceptors (Lipinski definition) is 4. The van der Waals surface area contributed by atoms with E-state index < -0.39 is 5.97 Å². The van der Waals surface area contributed by atoms with E-state index in [4.69, 9.17) is 9.84 Å². The van der Waals surface area contributed by atoms with Crippen LogP contribution in [-0.2, 0) is 4.74 Å². The number of carboxylic acid groups (broad SMARTS) is 1. The topological polar surface area (TPSA) is 78.9 Å². The van der Waals surface area contributed by atoms with E-state index in [1.54, 1.807) is 17.4 Å². The van der Waals surface area contributed by atoms with E-state index in [1.165, 1.54) is 17.4 Å². The lowest BCUT2D eigenvalue weighted by atomic mass is 10.3. The highest BCUT2D eigenvalue weighted by Gasteiger charge is 2.32. The molecular weight excluding hydrogens is 268 g/mol. The van der Waals surface area contributed by atoms with E-state index in [1.807, 2.05) is 0 Å². The molecule has 1 heterocycles. The Morgan fingerprint density at radius 2 is 2.32 bits per heavy atom. The number of ether oxygens (including phenoxy) is 1. The summed E-state index contributed by atoms with van der Waals surface area (Å²) in [6, 6.07) is 1.48. The first-order valence-electron chi connectivity index (χ1n) is 6.01. The molecule has 6 nitrogen and oxygen atoms in total. The Balaban J connectivity index is 2.01. The van der Waals surface area contributed by atoms with Crippen LogP contribution in [-0.4, -0.2) is 48.3 Å². The minimum Gasteiger partial charge on any atom is -0.478 e. The van der Waals surface area contributed by atoms with Gasteiger partial charge in [-0.05, 0) is 24.3 Å². The molecule has 0 saturated heterocycles. The molecule has 1 aliphatic carbocycles. The molecule has 19 heavy (non-hydrogen) atoms. The number of aromatic carboxylic acids is 1. The molecule has 0 unspecified atom stereocenters. The molecule has 104 valence electrons. The maximum Gasteiger partial charge on any atom is 0.338 e. The number of rotatable bonds is 6. The SMILES string of the molecule is COCCN(C(=O)Nc1sccc1C(=O)O)C1CC1. The first-order chi connectivity index (χ1) is 9.13. The number of anilines is 1. The lowest BCUT2D eigenvalue weighted by Crippen LogP contribution is -2.39. The van der Waals surface area contributed by atoms with E-state index in [-0.39, 0.29) is 17.6 Å². The zero-order valence-corrected chi connectivity index (χ0v) is 11.4. The van der Waals surface area contributed by atoms with Gasteiger partial charge in [0, 0.05) is 19.7 Å². The van der Waals surface area contributed by atoms with E-state index in [2.05, 4.69) is 5.32 Å². The van der Waals surface area contributed by atoms with Crippen LogP contribution in [0.1, 0.15) is 23.2 Å². The fourth-order valence-electron chi connectivity index (χ4n) is 1.77. The molecule has 1 aromatic heterocycles.